The van der Waals surface area contributed by atoms with E-state index >= 15 is 0 Å². The molecule has 0 amide bonds. The fourth-order valence-corrected chi connectivity index (χ4v) is 3.79. The highest BCUT2D eigenvalue weighted by atomic mass is 35.5. The molecule has 1 heterocycles. The topological polar surface area (TPSA) is 52.6 Å². The molecule has 0 bridgehead atoms. The third-order valence-corrected chi connectivity index (χ3v) is 5.45. The van der Waals surface area contributed by atoms with Crippen LogP contribution in [0.2, 0.25) is 10.0 Å². The molecule has 3 aromatic rings. The fraction of sp³-hybridized carbons (Fsp3) is 0.0833. The second-order valence-electron chi connectivity index (χ2n) is 6.89. The van der Waals surface area contributed by atoms with Crippen molar-refractivity contribution in [1.29, 1.82) is 0 Å². The molecule has 0 atom stereocenters. The van der Waals surface area contributed by atoms with Gasteiger partial charge >= 0.3 is 5.97 Å². The van der Waals surface area contributed by atoms with Gasteiger partial charge in [-0.25, -0.2) is 4.79 Å². The number of Topliss-reactive ketones (excluding diaryl/α,β-unsaturated/α-hetero) is 1. The Labute approximate surface area is 183 Å². The van der Waals surface area contributed by atoms with Crippen molar-refractivity contribution in [2.75, 3.05) is 0 Å². The van der Waals surface area contributed by atoms with Gasteiger partial charge in [-0.05, 0) is 55.3 Å². The van der Waals surface area contributed by atoms with Gasteiger partial charge in [0.1, 0.15) is 11.5 Å². The van der Waals surface area contributed by atoms with E-state index in [0.717, 1.165) is 5.56 Å². The number of aryl methyl sites for hydroxylation is 2. The Kier molecular flexibility index (Phi) is 5.37. The molecule has 0 aromatic heterocycles. The minimum absolute atomic E-state index is 0.102. The van der Waals surface area contributed by atoms with Crippen LogP contribution in [0.25, 0.3) is 6.08 Å². The predicted octanol–water partition coefficient (Wildman–Crippen LogP) is 6.45. The van der Waals surface area contributed by atoms with Gasteiger partial charge in [-0.1, -0.05) is 47.5 Å². The number of rotatable bonds is 3. The van der Waals surface area contributed by atoms with Gasteiger partial charge in [-0.15, -0.1) is 0 Å². The van der Waals surface area contributed by atoms with E-state index in [1.165, 1.54) is 12.1 Å². The summed E-state index contributed by atoms with van der Waals surface area (Å²) in [5.41, 5.74) is 2.84. The Morgan fingerprint density at radius 2 is 1.67 bits per heavy atom. The van der Waals surface area contributed by atoms with E-state index in [2.05, 4.69) is 0 Å². The molecule has 0 spiro atoms. The lowest BCUT2D eigenvalue weighted by atomic mass is 10.0. The average Bonchev–Trinajstić information content (AvgIpc) is 3.01. The molecule has 0 saturated heterocycles. The number of carbonyl (C=O) groups excluding carboxylic acids is 2. The summed E-state index contributed by atoms with van der Waals surface area (Å²) < 4.78 is 11.3. The molecule has 3 aromatic carbocycles. The molecule has 30 heavy (non-hydrogen) atoms. The van der Waals surface area contributed by atoms with Crippen LogP contribution in [0.15, 0.2) is 60.4 Å². The molecule has 0 unspecified atom stereocenters. The van der Waals surface area contributed by atoms with Crippen molar-refractivity contribution < 1.29 is 19.1 Å². The highest BCUT2D eigenvalue weighted by molar-refractivity contribution is 6.37. The highest BCUT2D eigenvalue weighted by Gasteiger charge is 2.31. The predicted molar refractivity (Wildman–Crippen MR) is 117 cm³/mol. The van der Waals surface area contributed by atoms with Gasteiger partial charge in [0.25, 0.3) is 0 Å². The molecule has 0 N–H and O–H groups in total. The normalized spacial score (nSPS) is 13.9. The molecule has 1 aliphatic heterocycles. The summed E-state index contributed by atoms with van der Waals surface area (Å²) in [5.74, 6) is -0.0394. The number of hydrogen-bond donors (Lipinski definition) is 0. The van der Waals surface area contributed by atoms with E-state index in [9.17, 15) is 9.59 Å². The SMILES string of the molecule is Cc1ccccc1C(=O)Oc1cc(C)c2c(c1)O/C(=C\c1c(Cl)cccc1Cl)C2=O. The first-order valence-corrected chi connectivity index (χ1v) is 9.91. The number of hydrogen-bond acceptors (Lipinski definition) is 4. The number of halogens is 2. The van der Waals surface area contributed by atoms with Gasteiger partial charge in [-0.2, -0.15) is 0 Å². The number of benzene rings is 3. The second kappa shape index (κ2) is 7.98. The van der Waals surface area contributed by atoms with E-state index in [0.29, 0.717) is 43.8 Å². The lowest BCUT2D eigenvalue weighted by Crippen LogP contribution is -2.10. The quantitative estimate of drug-likeness (QED) is 0.268. The fourth-order valence-electron chi connectivity index (χ4n) is 3.28. The van der Waals surface area contributed by atoms with Gasteiger partial charge in [0.05, 0.1) is 11.1 Å². The number of fused-ring (bicyclic) bond motifs is 1. The van der Waals surface area contributed by atoms with E-state index in [4.69, 9.17) is 32.7 Å². The van der Waals surface area contributed by atoms with E-state index in [1.54, 1.807) is 43.3 Å². The molecule has 0 radical (unpaired) electrons. The lowest BCUT2D eigenvalue weighted by molar-refractivity contribution is 0.0733. The Bertz CT molecular complexity index is 1210. The first kappa shape index (κ1) is 20.2. The van der Waals surface area contributed by atoms with Gasteiger partial charge in [-0.3, -0.25) is 4.79 Å². The molecule has 6 heteroatoms. The number of ketones is 1. The molecular weight excluding hydrogens is 423 g/mol. The van der Waals surface area contributed by atoms with Crippen LogP contribution >= 0.6 is 23.2 Å². The molecule has 4 rings (SSSR count). The van der Waals surface area contributed by atoms with Crippen molar-refractivity contribution in [3.05, 3.63) is 98.2 Å². The zero-order valence-corrected chi connectivity index (χ0v) is 17.7. The van der Waals surface area contributed by atoms with Gasteiger partial charge in [0, 0.05) is 21.7 Å². The van der Waals surface area contributed by atoms with Crippen LogP contribution in [-0.4, -0.2) is 11.8 Å². The standard InChI is InChI=1S/C24H16Cl2O4/c1-13-6-3-4-7-16(13)24(28)29-15-10-14(2)22-20(11-15)30-21(23(22)27)12-17-18(25)8-5-9-19(17)26/h3-12H,1-2H3/b21-12-. The van der Waals surface area contributed by atoms with Crippen LogP contribution in [0.4, 0.5) is 0 Å². The van der Waals surface area contributed by atoms with Crippen molar-refractivity contribution in [1.82, 2.24) is 0 Å². The van der Waals surface area contributed by atoms with Crippen LogP contribution in [0.3, 0.4) is 0 Å². The summed E-state index contributed by atoms with van der Waals surface area (Å²) in [6, 6.07) is 15.4. The number of carbonyl (C=O) groups is 2. The first-order valence-electron chi connectivity index (χ1n) is 9.16. The minimum atomic E-state index is -0.476. The molecule has 1 aliphatic rings. The zero-order chi connectivity index (χ0) is 21.4. The summed E-state index contributed by atoms with van der Waals surface area (Å²) in [4.78, 5) is 25.4. The van der Waals surface area contributed by atoms with Crippen molar-refractivity contribution in [2.45, 2.75) is 13.8 Å². The third-order valence-electron chi connectivity index (χ3n) is 4.79. The Morgan fingerprint density at radius 3 is 2.37 bits per heavy atom. The summed E-state index contributed by atoms with van der Waals surface area (Å²) in [6.45, 7) is 3.60. The maximum absolute atomic E-state index is 12.9. The highest BCUT2D eigenvalue weighted by Crippen LogP contribution is 2.39. The summed E-state index contributed by atoms with van der Waals surface area (Å²) in [7, 11) is 0. The van der Waals surface area contributed by atoms with Crippen molar-refractivity contribution >= 4 is 41.0 Å². The van der Waals surface area contributed by atoms with Crippen LogP contribution in [0, 0.1) is 13.8 Å². The Hall–Kier alpha value is -3.08. The average molecular weight is 439 g/mol. The van der Waals surface area contributed by atoms with Crippen molar-refractivity contribution in [3.63, 3.8) is 0 Å². The molecular formula is C24H16Cl2O4. The summed E-state index contributed by atoms with van der Waals surface area (Å²) >= 11 is 12.4. The van der Waals surface area contributed by atoms with E-state index in [1.807, 2.05) is 19.1 Å². The van der Waals surface area contributed by atoms with Crippen molar-refractivity contribution in [3.8, 4) is 11.5 Å². The molecule has 150 valence electrons. The first-order chi connectivity index (χ1) is 14.3. The summed E-state index contributed by atoms with van der Waals surface area (Å²) in [5, 5.41) is 0.818. The van der Waals surface area contributed by atoms with Crippen molar-refractivity contribution in [2.24, 2.45) is 0 Å². The molecule has 0 saturated carbocycles. The zero-order valence-electron chi connectivity index (χ0n) is 16.2. The Balaban J connectivity index is 1.65. The van der Waals surface area contributed by atoms with Crippen LogP contribution in [0.5, 0.6) is 11.5 Å². The molecule has 0 aliphatic carbocycles. The largest absolute Gasteiger partial charge is 0.452 e. The number of esters is 1. The van der Waals surface area contributed by atoms with Crippen LogP contribution in [-0.2, 0) is 0 Å². The maximum Gasteiger partial charge on any atom is 0.343 e. The summed E-state index contributed by atoms with van der Waals surface area (Å²) in [6.07, 6.45) is 1.52. The van der Waals surface area contributed by atoms with Crippen LogP contribution in [0.1, 0.15) is 37.4 Å². The van der Waals surface area contributed by atoms with E-state index in [-0.39, 0.29) is 11.5 Å². The van der Waals surface area contributed by atoms with Gasteiger partial charge in [0.2, 0.25) is 5.78 Å². The van der Waals surface area contributed by atoms with E-state index < -0.39 is 5.97 Å². The minimum Gasteiger partial charge on any atom is -0.452 e. The lowest BCUT2D eigenvalue weighted by Gasteiger charge is -2.09. The third kappa shape index (κ3) is 3.72. The smallest absolute Gasteiger partial charge is 0.343 e. The number of allylic oxidation sites excluding steroid dienone is 1. The number of ether oxygens (including phenoxy) is 2. The van der Waals surface area contributed by atoms with Gasteiger partial charge in [0.15, 0.2) is 5.76 Å². The maximum atomic E-state index is 12.9. The second-order valence-corrected chi connectivity index (χ2v) is 7.71. The molecule has 0 fully saturated rings. The monoisotopic (exact) mass is 438 g/mol. The molecule has 4 nitrogen and oxygen atoms in total. The Morgan fingerprint density at radius 1 is 0.967 bits per heavy atom. The van der Waals surface area contributed by atoms with Gasteiger partial charge < -0.3 is 9.47 Å². The van der Waals surface area contributed by atoms with Crippen LogP contribution < -0.4 is 9.47 Å².